The van der Waals surface area contributed by atoms with Crippen LogP contribution in [0.5, 0.6) is 11.5 Å². The number of piperidine rings is 1. The average molecular weight is 538 g/mol. The van der Waals surface area contributed by atoms with Gasteiger partial charge < -0.3 is 20.1 Å². The third-order valence-electron chi connectivity index (χ3n) is 5.67. The van der Waals surface area contributed by atoms with Crippen molar-refractivity contribution in [3.8, 4) is 11.5 Å². The molecule has 170 valence electrons. The summed E-state index contributed by atoms with van der Waals surface area (Å²) in [5, 5.41) is 6.88. The smallest absolute Gasteiger partial charge is 0.191 e. The lowest BCUT2D eigenvalue weighted by atomic mass is 9.96. The molecule has 0 unspecified atom stereocenters. The number of methoxy groups -OCH3 is 2. The molecule has 0 amide bonds. The van der Waals surface area contributed by atoms with Gasteiger partial charge in [0.2, 0.25) is 0 Å². The van der Waals surface area contributed by atoms with Crippen molar-refractivity contribution in [2.75, 3.05) is 40.9 Å². The van der Waals surface area contributed by atoms with Crippen molar-refractivity contribution in [2.24, 2.45) is 10.9 Å². The fourth-order valence-electron chi connectivity index (χ4n) is 3.73. The fourth-order valence-corrected chi connectivity index (χ4v) is 3.73. The maximum absolute atomic E-state index is 5.24. The molecule has 1 aliphatic rings. The van der Waals surface area contributed by atoms with E-state index >= 15 is 0 Å². The van der Waals surface area contributed by atoms with Gasteiger partial charge in [0.05, 0.1) is 14.2 Å². The predicted octanol–water partition coefficient (Wildman–Crippen LogP) is 3.90. The summed E-state index contributed by atoms with van der Waals surface area (Å²) in [6, 6.07) is 16.5. The summed E-state index contributed by atoms with van der Waals surface area (Å²) in [7, 11) is 5.21. The van der Waals surface area contributed by atoms with Crippen molar-refractivity contribution in [2.45, 2.75) is 25.9 Å². The molecule has 0 aliphatic carbocycles. The van der Waals surface area contributed by atoms with Crippen molar-refractivity contribution in [1.29, 1.82) is 0 Å². The van der Waals surface area contributed by atoms with Gasteiger partial charge in [0, 0.05) is 26.7 Å². The second-order valence-electron chi connectivity index (χ2n) is 7.72. The van der Waals surface area contributed by atoms with Gasteiger partial charge in [-0.25, -0.2) is 0 Å². The Morgan fingerprint density at radius 1 is 0.903 bits per heavy atom. The minimum atomic E-state index is 0. The normalized spacial score (nSPS) is 15.1. The number of nitrogens with zero attached hydrogens (tertiary/aromatic N) is 2. The lowest BCUT2D eigenvalue weighted by molar-refractivity contribution is 0.178. The molecule has 3 rings (SSSR count). The Morgan fingerprint density at radius 3 is 1.97 bits per heavy atom. The molecule has 1 saturated heterocycles. The maximum atomic E-state index is 5.24. The predicted molar refractivity (Wildman–Crippen MR) is 138 cm³/mol. The zero-order valence-corrected chi connectivity index (χ0v) is 21.1. The standard InChI is InChI=1S/C24H34N4O2.HI/c1-25-24(26-16-19-4-8-22(29-2)9-5-19)27-17-20-12-14-28(15-13-20)18-21-6-10-23(30-3)11-7-21;/h4-11,20H,12-18H2,1-3H3,(H2,25,26,27);1H. The van der Waals surface area contributed by atoms with E-state index in [9.17, 15) is 0 Å². The number of rotatable bonds is 8. The van der Waals surface area contributed by atoms with Crippen LogP contribution in [0.25, 0.3) is 0 Å². The molecule has 6 nitrogen and oxygen atoms in total. The number of nitrogens with one attached hydrogen (secondary N) is 2. The lowest BCUT2D eigenvalue weighted by Gasteiger charge is -2.32. The number of guanidine groups is 1. The minimum Gasteiger partial charge on any atom is -0.497 e. The van der Waals surface area contributed by atoms with Crippen molar-refractivity contribution < 1.29 is 9.47 Å². The molecular formula is C24H35IN4O2. The van der Waals surface area contributed by atoms with Crippen LogP contribution in [0.4, 0.5) is 0 Å². The zero-order valence-electron chi connectivity index (χ0n) is 18.8. The highest BCUT2D eigenvalue weighted by molar-refractivity contribution is 14.0. The Labute approximate surface area is 203 Å². The molecular weight excluding hydrogens is 503 g/mol. The van der Waals surface area contributed by atoms with E-state index < -0.39 is 0 Å². The van der Waals surface area contributed by atoms with E-state index in [-0.39, 0.29) is 24.0 Å². The molecule has 2 N–H and O–H groups in total. The van der Waals surface area contributed by atoms with Gasteiger partial charge in [-0.2, -0.15) is 0 Å². The minimum absolute atomic E-state index is 0. The first-order valence-electron chi connectivity index (χ1n) is 10.6. The maximum Gasteiger partial charge on any atom is 0.191 e. The highest BCUT2D eigenvalue weighted by Crippen LogP contribution is 2.19. The summed E-state index contributed by atoms with van der Waals surface area (Å²) < 4.78 is 10.4. The summed E-state index contributed by atoms with van der Waals surface area (Å²) in [4.78, 5) is 6.89. The Morgan fingerprint density at radius 2 is 1.45 bits per heavy atom. The molecule has 1 heterocycles. The molecule has 1 aliphatic heterocycles. The Kier molecular flexibility index (Phi) is 10.9. The van der Waals surface area contributed by atoms with Crippen molar-refractivity contribution in [3.05, 3.63) is 59.7 Å². The lowest BCUT2D eigenvalue weighted by Crippen LogP contribution is -2.42. The van der Waals surface area contributed by atoms with E-state index in [1.54, 1.807) is 14.2 Å². The third kappa shape index (κ3) is 8.22. The largest absolute Gasteiger partial charge is 0.497 e. The van der Waals surface area contributed by atoms with E-state index in [0.29, 0.717) is 5.92 Å². The van der Waals surface area contributed by atoms with Gasteiger partial charge in [0.15, 0.2) is 5.96 Å². The van der Waals surface area contributed by atoms with Gasteiger partial charge in [0.25, 0.3) is 0 Å². The van der Waals surface area contributed by atoms with Crippen LogP contribution in [-0.4, -0.2) is 51.8 Å². The third-order valence-corrected chi connectivity index (χ3v) is 5.67. The second kappa shape index (κ2) is 13.4. The van der Waals surface area contributed by atoms with Crippen molar-refractivity contribution in [1.82, 2.24) is 15.5 Å². The van der Waals surface area contributed by atoms with Gasteiger partial charge in [-0.1, -0.05) is 24.3 Å². The van der Waals surface area contributed by atoms with Crippen LogP contribution in [-0.2, 0) is 13.1 Å². The van der Waals surface area contributed by atoms with Gasteiger partial charge in [-0.05, 0) is 67.2 Å². The molecule has 0 radical (unpaired) electrons. The second-order valence-corrected chi connectivity index (χ2v) is 7.72. The number of hydrogen-bond donors (Lipinski definition) is 2. The first-order valence-corrected chi connectivity index (χ1v) is 10.6. The number of ether oxygens (including phenoxy) is 2. The van der Waals surface area contributed by atoms with Gasteiger partial charge in [0.1, 0.15) is 11.5 Å². The van der Waals surface area contributed by atoms with Crippen LogP contribution in [0, 0.1) is 5.92 Å². The van der Waals surface area contributed by atoms with E-state index in [1.165, 1.54) is 24.0 Å². The first-order chi connectivity index (χ1) is 14.7. The van der Waals surface area contributed by atoms with Crippen molar-refractivity contribution in [3.63, 3.8) is 0 Å². The molecule has 0 spiro atoms. The average Bonchev–Trinajstić information content (AvgIpc) is 2.81. The molecule has 31 heavy (non-hydrogen) atoms. The van der Waals surface area contributed by atoms with E-state index in [1.807, 2.05) is 31.3 Å². The molecule has 7 heteroatoms. The van der Waals surface area contributed by atoms with Crippen LogP contribution in [0.15, 0.2) is 53.5 Å². The Hall–Kier alpha value is -2.00. The monoisotopic (exact) mass is 538 g/mol. The summed E-state index contributed by atoms with van der Waals surface area (Å²) in [5.41, 5.74) is 2.54. The first kappa shape index (κ1) is 25.3. The summed E-state index contributed by atoms with van der Waals surface area (Å²) in [5.74, 6) is 3.32. The van der Waals surface area contributed by atoms with Crippen molar-refractivity contribution >= 4 is 29.9 Å². The molecule has 0 saturated carbocycles. The number of aliphatic imine (C=N–C) groups is 1. The van der Waals surface area contributed by atoms with Crippen LogP contribution in [0.1, 0.15) is 24.0 Å². The molecule has 0 atom stereocenters. The number of halogens is 1. The van der Waals surface area contributed by atoms with Gasteiger partial charge in [-0.15, -0.1) is 24.0 Å². The molecule has 2 aromatic carbocycles. The topological polar surface area (TPSA) is 58.1 Å². The Balaban J connectivity index is 0.00000341. The van der Waals surface area contributed by atoms with Gasteiger partial charge >= 0.3 is 0 Å². The number of benzene rings is 2. The number of likely N-dealkylation sites (tertiary alicyclic amines) is 1. The molecule has 2 aromatic rings. The van der Waals surface area contributed by atoms with Crippen LogP contribution in [0.3, 0.4) is 0 Å². The SMILES string of the molecule is CN=C(NCc1ccc(OC)cc1)NCC1CCN(Cc2ccc(OC)cc2)CC1.I. The number of hydrogen-bond acceptors (Lipinski definition) is 4. The molecule has 0 bridgehead atoms. The van der Waals surface area contributed by atoms with Crippen LogP contribution in [0.2, 0.25) is 0 Å². The Bertz CT molecular complexity index is 788. The summed E-state index contributed by atoms with van der Waals surface area (Å²) in [6.07, 6.45) is 2.41. The zero-order chi connectivity index (χ0) is 21.2. The van der Waals surface area contributed by atoms with Crippen LogP contribution < -0.4 is 20.1 Å². The molecule has 1 fully saturated rings. The summed E-state index contributed by atoms with van der Waals surface area (Å²) >= 11 is 0. The molecule has 0 aromatic heterocycles. The highest BCUT2D eigenvalue weighted by Gasteiger charge is 2.19. The van der Waals surface area contributed by atoms with E-state index in [0.717, 1.165) is 50.2 Å². The quantitative estimate of drug-likeness (QED) is 0.304. The van der Waals surface area contributed by atoms with E-state index in [4.69, 9.17) is 9.47 Å². The fraction of sp³-hybridized carbons (Fsp3) is 0.458. The van der Waals surface area contributed by atoms with Crippen LogP contribution >= 0.6 is 24.0 Å². The van der Waals surface area contributed by atoms with Gasteiger partial charge in [-0.3, -0.25) is 9.89 Å². The highest BCUT2D eigenvalue weighted by atomic mass is 127. The summed E-state index contributed by atoms with van der Waals surface area (Å²) in [6.45, 7) is 4.98. The van der Waals surface area contributed by atoms with E-state index in [2.05, 4.69) is 44.8 Å².